The molecule has 0 unspecified atom stereocenters. The molecular weight excluding hydrogens is 366 g/mol. The molecule has 28 heavy (non-hydrogen) atoms. The lowest BCUT2D eigenvalue weighted by Crippen LogP contribution is -2.48. The molecule has 3 atom stereocenters. The van der Waals surface area contributed by atoms with Crippen LogP contribution in [0.4, 0.5) is 4.79 Å². The molecule has 1 aliphatic rings. The van der Waals surface area contributed by atoms with Gasteiger partial charge in [0.15, 0.2) is 0 Å². The zero-order valence-electron chi connectivity index (χ0n) is 16.5. The Morgan fingerprint density at radius 3 is 2.61 bits per heavy atom. The first kappa shape index (κ1) is 21.9. The lowest BCUT2D eigenvalue weighted by Gasteiger charge is -2.26. The van der Waals surface area contributed by atoms with E-state index < -0.39 is 29.9 Å². The van der Waals surface area contributed by atoms with Crippen LogP contribution in [-0.2, 0) is 16.1 Å². The number of carbonyl (C=O) groups is 2. The van der Waals surface area contributed by atoms with Crippen molar-refractivity contribution in [1.82, 2.24) is 14.8 Å². The van der Waals surface area contributed by atoms with E-state index in [2.05, 4.69) is 5.32 Å². The van der Waals surface area contributed by atoms with Crippen molar-refractivity contribution >= 4 is 12.0 Å². The van der Waals surface area contributed by atoms with Crippen LogP contribution in [0.2, 0.25) is 0 Å². The first-order valence-corrected chi connectivity index (χ1v) is 9.34. The smallest absolute Gasteiger partial charge is 0.407 e. The number of rotatable bonds is 4. The van der Waals surface area contributed by atoms with Gasteiger partial charge in [-0.2, -0.15) is 0 Å². The minimum absolute atomic E-state index is 0.0277. The molecule has 156 valence electrons. The molecule has 2 rings (SSSR count). The third kappa shape index (κ3) is 6.65. The minimum atomic E-state index is -1.05. The van der Waals surface area contributed by atoms with E-state index in [1.54, 1.807) is 39.1 Å². The summed E-state index contributed by atoms with van der Waals surface area (Å²) >= 11 is 0. The quantitative estimate of drug-likeness (QED) is 0.664. The largest absolute Gasteiger partial charge is 0.444 e. The zero-order valence-corrected chi connectivity index (χ0v) is 16.5. The number of aromatic nitrogens is 1. The summed E-state index contributed by atoms with van der Waals surface area (Å²) in [5, 5.41) is 23.2. The van der Waals surface area contributed by atoms with Gasteiger partial charge in [-0.1, -0.05) is 6.07 Å². The van der Waals surface area contributed by atoms with Crippen molar-refractivity contribution in [2.45, 2.75) is 64.0 Å². The van der Waals surface area contributed by atoms with Crippen LogP contribution in [0.5, 0.6) is 0 Å². The van der Waals surface area contributed by atoms with Gasteiger partial charge in [0.05, 0.1) is 18.2 Å². The van der Waals surface area contributed by atoms with Crippen LogP contribution in [0, 0.1) is 0 Å². The van der Waals surface area contributed by atoms with Crippen LogP contribution < -0.4 is 10.9 Å². The van der Waals surface area contributed by atoms with Crippen molar-refractivity contribution in [1.29, 1.82) is 0 Å². The number of carbonyl (C=O) groups excluding carboxylic acids is 2. The van der Waals surface area contributed by atoms with Gasteiger partial charge < -0.3 is 29.7 Å². The van der Waals surface area contributed by atoms with Crippen molar-refractivity contribution in [3.8, 4) is 0 Å². The van der Waals surface area contributed by atoms with Gasteiger partial charge in [0.25, 0.3) is 5.56 Å². The number of amides is 2. The highest BCUT2D eigenvalue weighted by Crippen LogP contribution is 2.15. The number of aliphatic hydroxyl groups is 2. The highest BCUT2D eigenvalue weighted by molar-refractivity contribution is 5.76. The summed E-state index contributed by atoms with van der Waals surface area (Å²) in [6, 6.07) is 4.01. The first-order chi connectivity index (χ1) is 13.0. The monoisotopic (exact) mass is 395 g/mol. The molecule has 0 bridgehead atoms. The summed E-state index contributed by atoms with van der Waals surface area (Å²) in [5.74, 6) is -0.285. The first-order valence-electron chi connectivity index (χ1n) is 9.34. The molecule has 1 aromatic rings. The van der Waals surface area contributed by atoms with E-state index in [9.17, 15) is 24.6 Å². The van der Waals surface area contributed by atoms with Crippen molar-refractivity contribution in [3.63, 3.8) is 0 Å². The van der Waals surface area contributed by atoms with E-state index >= 15 is 0 Å². The second-order valence-electron chi connectivity index (χ2n) is 7.99. The van der Waals surface area contributed by atoms with E-state index in [1.807, 2.05) is 0 Å². The second kappa shape index (κ2) is 9.20. The molecule has 3 N–H and O–H groups in total. The van der Waals surface area contributed by atoms with Crippen LogP contribution in [0.3, 0.4) is 0 Å². The number of nitrogens with one attached hydrogen (secondary N) is 1. The molecule has 1 aromatic heterocycles. The summed E-state index contributed by atoms with van der Waals surface area (Å²) in [5.41, 5.74) is -0.886. The Kier molecular flexibility index (Phi) is 7.20. The van der Waals surface area contributed by atoms with Crippen molar-refractivity contribution in [2.24, 2.45) is 0 Å². The van der Waals surface area contributed by atoms with Crippen LogP contribution in [0.15, 0.2) is 29.2 Å². The number of pyridine rings is 1. The fourth-order valence-electron chi connectivity index (χ4n) is 3.04. The third-order valence-corrected chi connectivity index (χ3v) is 4.35. The van der Waals surface area contributed by atoms with Crippen molar-refractivity contribution in [3.05, 3.63) is 34.7 Å². The molecule has 2 heterocycles. The summed E-state index contributed by atoms with van der Waals surface area (Å²) in [4.78, 5) is 37.6. The summed E-state index contributed by atoms with van der Waals surface area (Å²) in [6.45, 7) is 5.41. The average Bonchev–Trinajstić information content (AvgIpc) is 2.71. The lowest BCUT2D eigenvalue weighted by molar-refractivity contribution is -0.133. The Balaban J connectivity index is 1.95. The minimum Gasteiger partial charge on any atom is -0.444 e. The second-order valence-corrected chi connectivity index (χ2v) is 7.99. The Bertz CT molecular complexity index is 742. The topological polar surface area (TPSA) is 121 Å². The number of alkyl carbamates (subject to hydrolysis) is 1. The normalized spacial score (nSPS) is 23.0. The van der Waals surface area contributed by atoms with Crippen LogP contribution in [-0.4, -0.2) is 68.6 Å². The van der Waals surface area contributed by atoms with Gasteiger partial charge >= 0.3 is 6.09 Å². The standard InChI is InChI=1S/C19H29N3O6/c1-19(2,3)28-18(27)20-14-10-13(23)11-22(12-15(14)24)17(26)7-9-21-8-5-4-6-16(21)25/h4-6,8,13-15,23-24H,7,9-12H2,1-3H3,(H,20,27)/t13-,14-,15-/m1/s1. The summed E-state index contributed by atoms with van der Waals surface area (Å²) in [7, 11) is 0. The molecule has 0 aromatic carbocycles. The number of aliphatic hydroxyl groups excluding tert-OH is 2. The van der Waals surface area contributed by atoms with Crippen LogP contribution in [0.1, 0.15) is 33.6 Å². The van der Waals surface area contributed by atoms with Gasteiger partial charge in [0.2, 0.25) is 5.91 Å². The molecule has 0 aliphatic carbocycles. The number of likely N-dealkylation sites (tertiary alicyclic amines) is 1. The van der Waals surface area contributed by atoms with Crippen molar-refractivity contribution in [2.75, 3.05) is 13.1 Å². The zero-order chi connectivity index (χ0) is 20.9. The predicted molar refractivity (Wildman–Crippen MR) is 102 cm³/mol. The fraction of sp³-hybridized carbons (Fsp3) is 0.632. The number of nitrogens with zero attached hydrogens (tertiary/aromatic N) is 2. The summed E-state index contributed by atoms with van der Waals surface area (Å²) in [6.07, 6.45) is -0.876. The Morgan fingerprint density at radius 1 is 1.25 bits per heavy atom. The molecule has 1 fully saturated rings. The van der Waals surface area contributed by atoms with Gasteiger partial charge in [-0.15, -0.1) is 0 Å². The number of β-amino-alcohol motifs (C(OH)–C–C–N with tert-alkyl or cyclic N) is 2. The number of aryl methyl sites for hydroxylation is 1. The molecule has 0 saturated carbocycles. The molecule has 9 heteroatoms. The number of hydrogen-bond acceptors (Lipinski definition) is 6. The predicted octanol–water partition coefficient (Wildman–Crippen LogP) is 0.0858. The Labute approximate surface area is 163 Å². The van der Waals surface area contributed by atoms with Gasteiger partial charge in [-0.05, 0) is 33.3 Å². The fourth-order valence-corrected chi connectivity index (χ4v) is 3.04. The summed E-state index contributed by atoms with van der Waals surface area (Å²) < 4.78 is 6.61. The number of hydrogen-bond donors (Lipinski definition) is 3. The van der Waals surface area contributed by atoms with Gasteiger partial charge in [-0.25, -0.2) is 4.79 Å². The van der Waals surface area contributed by atoms with Crippen molar-refractivity contribution < 1.29 is 24.5 Å². The van der Waals surface area contributed by atoms with E-state index in [0.29, 0.717) is 0 Å². The maximum Gasteiger partial charge on any atom is 0.407 e. The van der Waals surface area contributed by atoms with Gasteiger partial charge in [0, 0.05) is 38.3 Å². The van der Waals surface area contributed by atoms with Gasteiger partial charge in [-0.3, -0.25) is 9.59 Å². The molecule has 1 aliphatic heterocycles. The SMILES string of the molecule is CC(C)(C)OC(=O)N[C@@H]1C[C@@H](O)CN(C(=O)CCn2ccccc2=O)C[C@H]1O. The lowest BCUT2D eigenvalue weighted by atomic mass is 10.1. The van der Waals surface area contributed by atoms with E-state index in [1.165, 1.54) is 15.5 Å². The Morgan fingerprint density at radius 2 is 1.96 bits per heavy atom. The molecule has 0 spiro atoms. The van der Waals surface area contributed by atoms with Gasteiger partial charge in [0.1, 0.15) is 5.60 Å². The maximum atomic E-state index is 12.5. The van der Waals surface area contributed by atoms with E-state index in [0.717, 1.165) is 0 Å². The number of ether oxygens (including phenoxy) is 1. The average molecular weight is 395 g/mol. The highest BCUT2D eigenvalue weighted by Gasteiger charge is 2.33. The third-order valence-electron chi connectivity index (χ3n) is 4.35. The highest BCUT2D eigenvalue weighted by atomic mass is 16.6. The molecular formula is C19H29N3O6. The molecule has 9 nitrogen and oxygen atoms in total. The van der Waals surface area contributed by atoms with Crippen LogP contribution >= 0.6 is 0 Å². The van der Waals surface area contributed by atoms with E-state index in [-0.39, 0.29) is 43.9 Å². The van der Waals surface area contributed by atoms with E-state index in [4.69, 9.17) is 4.74 Å². The van der Waals surface area contributed by atoms with Crippen LogP contribution in [0.25, 0.3) is 0 Å². The molecule has 2 amide bonds. The Hall–Kier alpha value is -2.39. The molecule has 1 saturated heterocycles. The maximum absolute atomic E-state index is 12.5. The molecule has 0 radical (unpaired) electrons.